The Labute approximate surface area is 91.6 Å². The molecule has 0 saturated carbocycles. The van der Waals surface area contributed by atoms with Crippen LogP contribution in [-0.2, 0) is 9.59 Å². The summed E-state index contributed by atoms with van der Waals surface area (Å²) in [7, 11) is 0. The van der Waals surface area contributed by atoms with Crippen LogP contribution in [0.15, 0.2) is 0 Å². The highest BCUT2D eigenvalue weighted by Gasteiger charge is 2.29. The van der Waals surface area contributed by atoms with Gasteiger partial charge in [0, 0.05) is 6.42 Å². The van der Waals surface area contributed by atoms with Crippen molar-refractivity contribution in [3.05, 3.63) is 0 Å². The van der Waals surface area contributed by atoms with E-state index in [9.17, 15) is 9.59 Å². The molecule has 1 atom stereocenters. The number of carbonyl (C=O) groups is 2. The van der Waals surface area contributed by atoms with Crippen LogP contribution in [-0.4, -0.2) is 23.3 Å². The van der Waals surface area contributed by atoms with Gasteiger partial charge < -0.3 is 11.1 Å². The van der Waals surface area contributed by atoms with Gasteiger partial charge in [0.05, 0.1) is 11.6 Å². The predicted octanol–water partition coefficient (Wildman–Crippen LogP) is 0.988. The lowest BCUT2D eigenvalue weighted by Gasteiger charge is -2.25. The zero-order chi connectivity index (χ0) is 12.1. The topological polar surface area (TPSA) is 72.2 Å². The van der Waals surface area contributed by atoms with E-state index in [1.807, 2.05) is 6.92 Å². The average molecular weight is 214 g/mol. The zero-order valence-electron chi connectivity index (χ0n) is 10.1. The molecular weight excluding hydrogens is 192 g/mol. The van der Waals surface area contributed by atoms with Crippen molar-refractivity contribution >= 4 is 11.7 Å². The van der Waals surface area contributed by atoms with Crippen molar-refractivity contribution in [1.29, 1.82) is 0 Å². The Hall–Kier alpha value is -0.900. The fourth-order valence-corrected chi connectivity index (χ4v) is 1.14. The Kier molecular flexibility index (Phi) is 5.50. The van der Waals surface area contributed by atoms with Gasteiger partial charge in [0.25, 0.3) is 0 Å². The first kappa shape index (κ1) is 14.1. The second kappa shape index (κ2) is 5.85. The van der Waals surface area contributed by atoms with E-state index in [1.165, 1.54) is 0 Å². The van der Waals surface area contributed by atoms with Gasteiger partial charge in [-0.15, -0.1) is 0 Å². The second-order valence-electron chi connectivity index (χ2n) is 4.43. The van der Waals surface area contributed by atoms with Gasteiger partial charge in [-0.1, -0.05) is 13.3 Å². The Morgan fingerprint density at radius 1 is 1.40 bits per heavy atom. The van der Waals surface area contributed by atoms with Crippen molar-refractivity contribution in [3.8, 4) is 0 Å². The lowest BCUT2D eigenvalue weighted by molar-refractivity contribution is -0.131. The van der Waals surface area contributed by atoms with Crippen LogP contribution >= 0.6 is 0 Å². The third-order valence-electron chi connectivity index (χ3n) is 2.30. The maximum atomic E-state index is 11.7. The molecule has 0 fully saturated rings. The van der Waals surface area contributed by atoms with Crippen molar-refractivity contribution in [2.24, 2.45) is 5.73 Å². The van der Waals surface area contributed by atoms with Crippen molar-refractivity contribution in [3.63, 3.8) is 0 Å². The number of amides is 1. The number of unbranched alkanes of at least 4 members (excludes halogenated alkanes) is 1. The largest absolute Gasteiger partial charge is 0.343 e. The fourth-order valence-electron chi connectivity index (χ4n) is 1.14. The van der Waals surface area contributed by atoms with E-state index in [-0.39, 0.29) is 11.7 Å². The van der Waals surface area contributed by atoms with E-state index in [1.54, 1.807) is 20.8 Å². The summed E-state index contributed by atoms with van der Waals surface area (Å²) in [5, 5.41) is 2.65. The molecule has 0 heterocycles. The SMILES string of the molecule is CCCCC(=O)C(C)(C)NC(=O)C(C)N. The Balaban J connectivity index is 4.27. The molecule has 0 saturated heterocycles. The summed E-state index contributed by atoms with van der Waals surface area (Å²) in [6.07, 6.45) is 2.34. The van der Waals surface area contributed by atoms with Crippen molar-refractivity contribution in [1.82, 2.24) is 5.32 Å². The van der Waals surface area contributed by atoms with Crippen LogP contribution in [0.1, 0.15) is 47.0 Å². The molecule has 4 nitrogen and oxygen atoms in total. The van der Waals surface area contributed by atoms with E-state index >= 15 is 0 Å². The molecule has 0 aromatic heterocycles. The smallest absolute Gasteiger partial charge is 0.237 e. The standard InChI is InChI=1S/C11H22N2O2/c1-5-6-7-9(14)11(3,4)13-10(15)8(2)12/h8H,5-7,12H2,1-4H3,(H,13,15). The number of carbonyl (C=O) groups excluding carboxylic acids is 2. The summed E-state index contributed by atoms with van der Waals surface area (Å²) in [5.41, 5.74) is 4.61. The van der Waals surface area contributed by atoms with E-state index in [0.29, 0.717) is 6.42 Å². The fraction of sp³-hybridized carbons (Fsp3) is 0.818. The maximum absolute atomic E-state index is 11.7. The molecule has 0 aromatic rings. The van der Waals surface area contributed by atoms with Crippen molar-refractivity contribution in [2.45, 2.75) is 58.5 Å². The van der Waals surface area contributed by atoms with Gasteiger partial charge in [-0.25, -0.2) is 0 Å². The lowest BCUT2D eigenvalue weighted by atomic mass is 9.94. The highest BCUT2D eigenvalue weighted by atomic mass is 16.2. The quantitative estimate of drug-likeness (QED) is 0.692. The van der Waals surface area contributed by atoms with Gasteiger partial charge in [-0.05, 0) is 27.2 Å². The lowest BCUT2D eigenvalue weighted by Crippen LogP contribution is -2.53. The molecule has 4 heteroatoms. The zero-order valence-corrected chi connectivity index (χ0v) is 10.1. The van der Waals surface area contributed by atoms with Crippen LogP contribution in [0.4, 0.5) is 0 Å². The van der Waals surface area contributed by atoms with Gasteiger partial charge in [-0.3, -0.25) is 9.59 Å². The first-order chi connectivity index (χ1) is 6.81. The molecule has 1 amide bonds. The Bertz CT molecular complexity index is 235. The molecule has 88 valence electrons. The summed E-state index contributed by atoms with van der Waals surface area (Å²) < 4.78 is 0. The summed E-state index contributed by atoms with van der Waals surface area (Å²) in [5.74, 6) is -0.233. The second-order valence-corrected chi connectivity index (χ2v) is 4.43. The molecule has 0 aliphatic rings. The third kappa shape index (κ3) is 4.93. The van der Waals surface area contributed by atoms with Crippen molar-refractivity contribution in [2.75, 3.05) is 0 Å². The Morgan fingerprint density at radius 2 is 1.93 bits per heavy atom. The molecule has 0 aliphatic carbocycles. The number of Topliss-reactive ketones (excluding diaryl/α,β-unsaturated/α-hetero) is 1. The van der Waals surface area contributed by atoms with E-state index in [2.05, 4.69) is 5.32 Å². The summed E-state index contributed by atoms with van der Waals surface area (Å²) in [4.78, 5) is 23.1. The molecule has 0 spiro atoms. The summed E-state index contributed by atoms with van der Waals surface area (Å²) >= 11 is 0. The molecular formula is C11H22N2O2. The van der Waals surface area contributed by atoms with Gasteiger partial charge in [0.15, 0.2) is 5.78 Å². The number of ketones is 1. The highest BCUT2D eigenvalue weighted by molar-refractivity contribution is 5.93. The first-order valence-corrected chi connectivity index (χ1v) is 5.42. The van der Waals surface area contributed by atoms with E-state index in [0.717, 1.165) is 12.8 Å². The maximum Gasteiger partial charge on any atom is 0.237 e. The van der Waals surface area contributed by atoms with Crippen LogP contribution in [0.5, 0.6) is 0 Å². The number of hydrogen-bond acceptors (Lipinski definition) is 3. The molecule has 0 radical (unpaired) electrons. The molecule has 3 N–H and O–H groups in total. The Morgan fingerprint density at radius 3 is 2.33 bits per heavy atom. The summed E-state index contributed by atoms with van der Waals surface area (Å²) in [6.45, 7) is 7.05. The van der Waals surface area contributed by atoms with Crippen LogP contribution in [0.2, 0.25) is 0 Å². The van der Waals surface area contributed by atoms with Gasteiger partial charge in [0.1, 0.15) is 0 Å². The molecule has 15 heavy (non-hydrogen) atoms. The minimum Gasteiger partial charge on any atom is -0.343 e. The van der Waals surface area contributed by atoms with Crippen LogP contribution in [0.3, 0.4) is 0 Å². The minimum absolute atomic E-state index is 0.0540. The van der Waals surface area contributed by atoms with Gasteiger partial charge in [-0.2, -0.15) is 0 Å². The van der Waals surface area contributed by atoms with E-state index in [4.69, 9.17) is 5.73 Å². The van der Waals surface area contributed by atoms with Crippen LogP contribution in [0, 0.1) is 0 Å². The highest BCUT2D eigenvalue weighted by Crippen LogP contribution is 2.10. The average Bonchev–Trinajstić information content (AvgIpc) is 2.13. The third-order valence-corrected chi connectivity index (χ3v) is 2.30. The molecule has 0 aliphatic heterocycles. The minimum atomic E-state index is -0.806. The van der Waals surface area contributed by atoms with Gasteiger partial charge in [0.2, 0.25) is 5.91 Å². The predicted molar refractivity (Wildman–Crippen MR) is 60.4 cm³/mol. The van der Waals surface area contributed by atoms with Gasteiger partial charge >= 0.3 is 0 Å². The van der Waals surface area contributed by atoms with Crippen LogP contribution < -0.4 is 11.1 Å². The number of hydrogen-bond donors (Lipinski definition) is 2. The number of nitrogens with one attached hydrogen (secondary N) is 1. The molecule has 0 bridgehead atoms. The van der Waals surface area contributed by atoms with Crippen molar-refractivity contribution < 1.29 is 9.59 Å². The normalized spacial score (nSPS) is 13.4. The molecule has 1 unspecified atom stereocenters. The molecule has 0 rings (SSSR count). The van der Waals surface area contributed by atoms with E-state index < -0.39 is 11.6 Å². The summed E-state index contributed by atoms with van der Waals surface area (Å²) in [6, 6.07) is -0.580. The first-order valence-electron chi connectivity index (χ1n) is 5.42. The number of rotatable bonds is 6. The number of nitrogens with two attached hydrogens (primary N) is 1. The molecule has 0 aromatic carbocycles. The van der Waals surface area contributed by atoms with Crippen LogP contribution in [0.25, 0.3) is 0 Å². The monoisotopic (exact) mass is 214 g/mol.